The van der Waals surface area contributed by atoms with E-state index in [4.69, 9.17) is 9.57 Å². The van der Waals surface area contributed by atoms with Gasteiger partial charge in [-0.2, -0.15) is 0 Å². The Hall–Kier alpha value is -3.36. The van der Waals surface area contributed by atoms with Gasteiger partial charge in [-0.1, -0.05) is 17.0 Å². The van der Waals surface area contributed by atoms with Gasteiger partial charge in [0.1, 0.15) is 22.3 Å². The van der Waals surface area contributed by atoms with Gasteiger partial charge in [0.15, 0.2) is 0 Å². The van der Waals surface area contributed by atoms with E-state index in [1.807, 2.05) is 6.07 Å². The summed E-state index contributed by atoms with van der Waals surface area (Å²) in [5.74, 6) is -0.621. The molecule has 2 aromatic heterocycles. The molecule has 0 unspecified atom stereocenters. The smallest absolute Gasteiger partial charge is 0.407 e. The number of H-pyrrole nitrogens is 1. The fourth-order valence-corrected chi connectivity index (χ4v) is 2.19. The van der Waals surface area contributed by atoms with Gasteiger partial charge in [-0.25, -0.2) is 9.59 Å². The number of alkyl carbamates (subject to hydrolysis) is 1. The molecule has 0 spiro atoms. The molecule has 1 aromatic carbocycles. The Morgan fingerprint density at radius 3 is 2.81 bits per heavy atom. The van der Waals surface area contributed by atoms with Gasteiger partial charge in [0.2, 0.25) is 0 Å². The highest BCUT2D eigenvalue weighted by Gasteiger charge is 2.17. The standard InChI is InChI=1S/C17H19N5O4/c1-17(2,3)25-16(24)19-10-11-8-13(18-9-11)15(23)26-22-14-7-5-4-6-12(14)20-21-22/h4-9,18H,10H2,1-3H3,(H,19,24). The molecule has 3 rings (SSSR count). The summed E-state index contributed by atoms with van der Waals surface area (Å²) in [5.41, 5.74) is 1.56. The normalized spacial score (nSPS) is 11.3. The topological polar surface area (TPSA) is 111 Å². The lowest BCUT2D eigenvalue weighted by atomic mass is 10.2. The molecule has 0 atom stereocenters. The first kappa shape index (κ1) is 17.5. The Kier molecular flexibility index (Phi) is 4.61. The molecule has 26 heavy (non-hydrogen) atoms. The Bertz CT molecular complexity index is 938. The number of nitrogens with one attached hydrogen (secondary N) is 2. The molecule has 2 N–H and O–H groups in total. The Balaban J connectivity index is 1.60. The molecule has 9 heteroatoms. The number of fused-ring (bicyclic) bond motifs is 1. The van der Waals surface area contributed by atoms with Crippen molar-refractivity contribution in [1.29, 1.82) is 0 Å². The number of benzene rings is 1. The van der Waals surface area contributed by atoms with Crippen LogP contribution in [0.1, 0.15) is 36.8 Å². The van der Waals surface area contributed by atoms with E-state index in [0.29, 0.717) is 16.6 Å². The summed E-state index contributed by atoms with van der Waals surface area (Å²) >= 11 is 0. The Morgan fingerprint density at radius 2 is 2.04 bits per heavy atom. The summed E-state index contributed by atoms with van der Waals surface area (Å²) < 4.78 is 5.15. The third-order valence-corrected chi connectivity index (χ3v) is 3.29. The maximum absolute atomic E-state index is 12.2. The summed E-state index contributed by atoms with van der Waals surface area (Å²) in [7, 11) is 0. The average Bonchev–Trinajstić information content (AvgIpc) is 3.19. The number of nitrogens with zero attached hydrogens (tertiary/aromatic N) is 3. The molecule has 0 saturated heterocycles. The van der Waals surface area contributed by atoms with Crippen molar-refractivity contribution >= 4 is 23.1 Å². The van der Waals surface area contributed by atoms with Gasteiger partial charge in [-0.05, 0) is 49.7 Å². The molecule has 0 aliphatic carbocycles. The molecule has 1 amide bonds. The highest BCUT2D eigenvalue weighted by molar-refractivity contribution is 5.88. The van der Waals surface area contributed by atoms with E-state index in [1.165, 1.54) is 0 Å². The van der Waals surface area contributed by atoms with Gasteiger partial charge in [-0.15, -0.1) is 5.10 Å². The molecule has 2 heterocycles. The van der Waals surface area contributed by atoms with Crippen LogP contribution in [-0.2, 0) is 11.3 Å². The molecule has 0 radical (unpaired) electrons. The van der Waals surface area contributed by atoms with Crippen LogP contribution in [0.2, 0.25) is 0 Å². The number of para-hydroxylation sites is 1. The largest absolute Gasteiger partial charge is 0.444 e. The van der Waals surface area contributed by atoms with Crippen LogP contribution in [0.3, 0.4) is 0 Å². The summed E-state index contributed by atoms with van der Waals surface area (Å²) in [4.78, 5) is 33.0. The summed E-state index contributed by atoms with van der Waals surface area (Å²) in [5, 5.41) is 10.3. The lowest BCUT2D eigenvalue weighted by molar-refractivity contribution is 0.0402. The van der Waals surface area contributed by atoms with Crippen LogP contribution in [-0.4, -0.2) is 37.8 Å². The molecule has 9 nitrogen and oxygen atoms in total. The van der Waals surface area contributed by atoms with Crippen molar-refractivity contribution in [2.45, 2.75) is 32.9 Å². The zero-order chi connectivity index (χ0) is 18.7. The van der Waals surface area contributed by atoms with Crippen molar-refractivity contribution in [1.82, 2.24) is 25.5 Å². The van der Waals surface area contributed by atoms with Gasteiger partial charge in [-0.3, -0.25) is 0 Å². The maximum atomic E-state index is 12.2. The Morgan fingerprint density at radius 1 is 1.27 bits per heavy atom. The van der Waals surface area contributed by atoms with Crippen molar-refractivity contribution in [3.05, 3.63) is 47.8 Å². The van der Waals surface area contributed by atoms with Gasteiger partial charge in [0.25, 0.3) is 0 Å². The molecule has 0 fully saturated rings. The second-order valence-corrected chi connectivity index (χ2v) is 6.61. The van der Waals surface area contributed by atoms with Crippen LogP contribution in [0.5, 0.6) is 0 Å². The summed E-state index contributed by atoms with van der Waals surface area (Å²) in [6, 6.07) is 8.71. The molecule has 3 aromatic rings. The lowest BCUT2D eigenvalue weighted by Gasteiger charge is -2.19. The minimum absolute atomic E-state index is 0.213. The minimum Gasteiger partial charge on any atom is -0.444 e. The van der Waals surface area contributed by atoms with Crippen molar-refractivity contribution in [3.8, 4) is 0 Å². The number of aromatic nitrogens is 4. The number of carbonyl (C=O) groups excluding carboxylic acids is 2. The predicted octanol–water partition coefficient (Wildman–Crippen LogP) is 2.05. The summed E-state index contributed by atoms with van der Waals surface area (Å²) in [6.45, 7) is 5.56. The van der Waals surface area contributed by atoms with Crippen LogP contribution >= 0.6 is 0 Å². The van der Waals surface area contributed by atoms with E-state index in [2.05, 4.69) is 20.6 Å². The van der Waals surface area contributed by atoms with Crippen molar-refractivity contribution in [2.24, 2.45) is 0 Å². The number of carbonyl (C=O) groups is 2. The Labute approximate surface area is 149 Å². The van der Waals surface area contributed by atoms with Gasteiger partial charge in [0, 0.05) is 12.7 Å². The highest BCUT2D eigenvalue weighted by Crippen LogP contribution is 2.10. The monoisotopic (exact) mass is 357 g/mol. The van der Waals surface area contributed by atoms with Crippen molar-refractivity contribution in [3.63, 3.8) is 0 Å². The van der Waals surface area contributed by atoms with Crippen LogP contribution < -0.4 is 10.2 Å². The van der Waals surface area contributed by atoms with E-state index in [1.54, 1.807) is 51.2 Å². The third kappa shape index (κ3) is 4.18. The molecule has 136 valence electrons. The van der Waals surface area contributed by atoms with E-state index in [0.717, 1.165) is 4.85 Å². The van der Waals surface area contributed by atoms with Crippen LogP contribution in [0, 0.1) is 0 Å². The number of rotatable bonds is 4. The molecule has 0 aliphatic rings. The first-order valence-corrected chi connectivity index (χ1v) is 7.99. The fourth-order valence-electron chi connectivity index (χ4n) is 2.19. The number of ether oxygens (including phenoxy) is 1. The van der Waals surface area contributed by atoms with E-state index >= 15 is 0 Å². The molecule has 0 saturated carbocycles. The number of hydrogen-bond acceptors (Lipinski definition) is 6. The van der Waals surface area contributed by atoms with Crippen molar-refractivity contribution < 1.29 is 19.2 Å². The highest BCUT2D eigenvalue weighted by atomic mass is 16.7. The van der Waals surface area contributed by atoms with Crippen LogP contribution in [0.4, 0.5) is 4.79 Å². The second-order valence-electron chi connectivity index (χ2n) is 6.61. The van der Waals surface area contributed by atoms with Gasteiger partial charge < -0.3 is 19.9 Å². The minimum atomic E-state index is -0.621. The van der Waals surface area contributed by atoms with Crippen molar-refractivity contribution in [2.75, 3.05) is 0 Å². The van der Waals surface area contributed by atoms with Gasteiger partial charge >= 0.3 is 12.1 Å². The van der Waals surface area contributed by atoms with E-state index in [-0.39, 0.29) is 12.2 Å². The molecule has 0 bridgehead atoms. The zero-order valence-corrected chi connectivity index (χ0v) is 14.6. The second kappa shape index (κ2) is 6.87. The SMILES string of the molecule is CC(C)(C)OC(=O)NCc1c[nH]c(C(=O)On2nnc3ccccc32)c1. The molecular weight excluding hydrogens is 338 g/mol. The van der Waals surface area contributed by atoms with Crippen LogP contribution in [0.25, 0.3) is 11.0 Å². The zero-order valence-electron chi connectivity index (χ0n) is 14.6. The summed E-state index contributed by atoms with van der Waals surface area (Å²) in [6.07, 6.45) is 1.07. The quantitative estimate of drug-likeness (QED) is 0.691. The number of hydrogen-bond donors (Lipinski definition) is 2. The lowest BCUT2D eigenvalue weighted by Crippen LogP contribution is -2.32. The van der Waals surface area contributed by atoms with Crippen LogP contribution in [0.15, 0.2) is 36.5 Å². The fraction of sp³-hybridized carbons (Fsp3) is 0.294. The van der Waals surface area contributed by atoms with E-state index < -0.39 is 17.7 Å². The molecule has 0 aliphatic heterocycles. The molecular formula is C17H19N5O4. The first-order valence-electron chi connectivity index (χ1n) is 7.99. The average molecular weight is 357 g/mol. The number of aromatic amines is 1. The number of amides is 1. The maximum Gasteiger partial charge on any atom is 0.407 e. The van der Waals surface area contributed by atoms with E-state index in [9.17, 15) is 9.59 Å². The first-order chi connectivity index (χ1) is 12.3. The predicted molar refractivity (Wildman–Crippen MR) is 92.3 cm³/mol. The third-order valence-electron chi connectivity index (χ3n) is 3.29. The van der Waals surface area contributed by atoms with Gasteiger partial charge in [0.05, 0.1) is 0 Å².